The number of carbonyl (C=O) groups is 1. The molecule has 1 atom stereocenters. The van der Waals surface area contributed by atoms with E-state index in [1.165, 1.54) is 12.1 Å². The molecule has 0 saturated carbocycles. The number of hydrogen-bond donors (Lipinski definition) is 2. The van der Waals surface area contributed by atoms with E-state index in [0.29, 0.717) is 19.6 Å². The summed E-state index contributed by atoms with van der Waals surface area (Å²) >= 11 is 0. The number of nitrogens with one attached hydrogen (secondary N) is 1. The topological polar surface area (TPSA) is 58.4 Å². The summed E-state index contributed by atoms with van der Waals surface area (Å²) in [7, 11) is 0. The molecule has 19 heavy (non-hydrogen) atoms. The SMILES string of the molecule is CCC1C(=O)NCCN1Cc1cc(F)ccc1CN. The highest BCUT2D eigenvalue weighted by molar-refractivity contribution is 5.82. The first-order valence-corrected chi connectivity index (χ1v) is 6.64. The van der Waals surface area contributed by atoms with Crippen molar-refractivity contribution in [1.29, 1.82) is 0 Å². The molecule has 0 spiro atoms. The molecule has 1 heterocycles. The monoisotopic (exact) mass is 265 g/mol. The van der Waals surface area contributed by atoms with E-state index in [9.17, 15) is 9.18 Å². The summed E-state index contributed by atoms with van der Waals surface area (Å²) in [6.45, 7) is 4.36. The Morgan fingerprint density at radius 2 is 2.26 bits per heavy atom. The van der Waals surface area contributed by atoms with Crippen LogP contribution in [0.5, 0.6) is 0 Å². The van der Waals surface area contributed by atoms with Crippen LogP contribution < -0.4 is 11.1 Å². The van der Waals surface area contributed by atoms with Gasteiger partial charge in [-0.25, -0.2) is 4.39 Å². The van der Waals surface area contributed by atoms with Crippen molar-refractivity contribution >= 4 is 5.91 Å². The Bertz CT molecular complexity index is 464. The molecule has 1 aliphatic rings. The van der Waals surface area contributed by atoms with Crippen LogP contribution in [0.25, 0.3) is 0 Å². The molecule has 1 aromatic carbocycles. The molecule has 1 amide bonds. The minimum absolute atomic E-state index is 0.0550. The lowest BCUT2D eigenvalue weighted by Crippen LogP contribution is -2.54. The van der Waals surface area contributed by atoms with E-state index in [0.717, 1.165) is 24.1 Å². The Morgan fingerprint density at radius 1 is 1.47 bits per heavy atom. The molecule has 1 unspecified atom stereocenters. The average Bonchev–Trinajstić information content (AvgIpc) is 2.39. The van der Waals surface area contributed by atoms with E-state index in [-0.39, 0.29) is 17.8 Å². The van der Waals surface area contributed by atoms with Gasteiger partial charge in [0, 0.05) is 26.2 Å². The van der Waals surface area contributed by atoms with Crippen molar-refractivity contribution in [1.82, 2.24) is 10.2 Å². The smallest absolute Gasteiger partial charge is 0.237 e. The van der Waals surface area contributed by atoms with Crippen molar-refractivity contribution in [3.8, 4) is 0 Å². The molecule has 1 aliphatic heterocycles. The van der Waals surface area contributed by atoms with Gasteiger partial charge in [0.2, 0.25) is 5.91 Å². The number of carbonyl (C=O) groups excluding carboxylic acids is 1. The Hall–Kier alpha value is -1.46. The number of rotatable bonds is 4. The molecule has 1 fully saturated rings. The fraction of sp³-hybridized carbons (Fsp3) is 0.500. The van der Waals surface area contributed by atoms with E-state index >= 15 is 0 Å². The van der Waals surface area contributed by atoms with Gasteiger partial charge in [0.15, 0.2) is 0 Å². The van der Waals surface area contributed by atoms with E-state index in [4.69, 9.17) is 5.73 Å². The maximum Gasteiger partial charge on any atom is 0.237 e. The maximum absolute atomic E-state index is 13.4. The molecule has 0 aliphatic carbocycles. The third kappa shape index (κ3) is 3.11. The fourth-order valence-corrected chi connectivity index (χ4v) is 2.55. The standard InChI is InChI=1S/C14H20FN3O/c1-2-13-14(19)17-5-6-18(13)9-11-7-12(15)4-3-10(11)8-16/h3-4,7,13H,2,5-6,8-9,16H2,1H3,(H,17,19). The Kier molecular flexibility index (Phi) is 4.50. The summed E-state index contributed by atoms with van der Waals surface area (Å²) in [5, 5.41) is 2.86. The van der Waals surface area contributed by atoms with Crippen LogP contribution in [0.2, 0.25) is 0 Å². The van der Waals surface area contributed by atoms with Gasteiger partial charge in [-0.3, -0.25) is 9.69 Å². The maximum atomic E-state index is 13.4. The van der Waals surface area contributed by atoms with Crippen molar-refractivity contribution in [3.05, 3.63) is 35.1 Å². The largest absolute Gasteiger partial charge is 0.353 e. The summed E-state index contributed by atoms with van der Waals surface area (Å²) in [6.07, 6.45) is 0.749. The molecule has 3 N–H and O–H groups in total. The molecule has 4 nitrogen and oxygen atoms in total. The van der Waals surface area contributed by atoms with Gasteiger partial charge in [-0.1, -0.05) is 13.0 Å². The van der Waals surface area contributed by atoms with Gasteiger partial charge < -0.3 is 11.1 Å². The van der Waals surface area contributed by atoms with Crippen LogP contribution in [0.3, 0.4) is 0 Å². The van der Waals surface area contributed by atoms with Crippen LogP contribution >= 0.6 is 0 Å². The first kappa shape index (κ1) is 14.0. The molecule has 0 radical (unpaired) electrons. The molecule has 0 bridgehead atoms. The first-order chi connectivity index (χ1) is 9.15. The number of amides is 1. The second kappa shape index (κ2) is 6.12. The van der Waals surface area contributed by atoms with E-state index in [1.807, 2.05) is 6.92 Å². The number of piperazine rings is 1. The van der Waals surface area contributed by atoms with Gasteiger partial charge >= 0.3 is 0 Å². The average molecular weight is 265 g/mol. The minimum atomic E-state index is -0.262. The molecule has 1 saturated heterocycles. The third-order valence-electron chi connectivity index (χ3n) is 3.59. The highest BCUT2D eigenvalue weighted by Gasteiger charge is 2.28. The lowest BCUT2D eigenvalue weighted by atomic mass is 10.0. The van der Waals surface area contributed by atoms with Crippen molar-refractivity contribution < 1.29 is 9.18 Å². The minimum Gasteiger partial charge on any atom is -0.353 e. The van der Waals surface area contributed by atoms with Crippen LogP contribution in [0.15, 0.2) is 18.2 Å². The normalized spacial score (nSPS) is 20.4. The van der Waals surface area contributed by atoms with Gasteiger partial charge in [-0.05, 0) is 29.7 Å². The fourth-order valence-electron chi connectivity index (χ4n) is 2.55. The molecule has 2 rings (SSSR count). The van der Waals surface area contributed by atoms with Gasteiger partial charge in [-0.2, -0.15) is 0 Å². The second-order valence-corrected chi connectivity index (χ2v) is 4.80. The van der Waals surface area contributed by atoms with Crippen molar-refractivity contribution in [2.75, 3.05) is 13.1 Å². The van der Waals surface area contributed by atoms with Crippen molar-refractivity contribution in [2.24, 2.45) is 5.73 Å². The van der Waals surface area contributed by atoms with Crippen LogP contribution in [0.4, 0.5) is 4.39 Å². The summed E-state index contributed by atoms with van der Waals surface area (Å²) in [4.78, 5) is 13.9. The number of halogens is 1. The van der Waals surface area contributed by atoms with Gasteiger partial charge in [0.25, 0.3) is 0 Å². The van der Waals surface area contributed by atoms with Crippen molar-refractivity contribution in [2.45, 2.75) is 32.5 Å². The Morgan fingerprint density at radius 3 is 2.95 bits per heavy atom. The predicted octanol–water partition coefficient (Wildman–Crippen LogP) is 0.995. The Labute approximate surface area is 112 Å². The molecule has 104 valence electrons. The zero-order valence-corrected chi connectivity index (χ0v) is 11.2. The summed E-state index contributed by atoms with van der Waals surface area (Å²) < 4.78 is 13.4. The van der Waals surface area contributed by atoms with Crippen LogP contribution in [0, 0.1) is 5.82 Å². The van der Waals surface area contributed by atoms with Crippen LogP contribution in [-0.4, -0.2) is 29.9 Å². The second-order valence-electron chi connectivity index (χ2n) is 4.80. The zero-order chi connectivity index (χ0) is 13.8. The van der Waals surface area contributed by atoms with E-state index in [1.54, 1.807) is 6.07 Å². The summed E-state index contributed by atoms with van der Waals surface area (Å²) in [6, 6.07) is 4.52. The van der Waals surface area contributed by atoms with Gasteiger partial charge in [0.05, 0.1) is 6.04 Å². The number of nitrogens with two attached hydrogens (primary N) is 1. The quantitative estimate of drug-likeness (QED) is 0.853. The summed E-state index contributed by atoms with van der Waals surface area (Å²) in [5.41, 5.74) is 7.48. The zero-order valence-electron chi connectivity index (χ0n) is 11.2. The molecule has 5 heteroatoms. The summed E-state index contributed by atoms with van der Waals surface area (Å²) in [5.74, 6) is -0.207. The van der Waals surface area contributed by atoms with Crippen LogP contribution in [0.1, 0.15) is 24.5 Å². The molecule has 1 aromatic rings. The lowest BCUT2D eigenvalue weighted by molar-refractivity contribution is -0.129. The lowest BCUT2D eigenvalue weighted by Gasteiger charge is -2.34. The number of hydrogen-bond acceptors (Lipinski definition) is 3. The van der Waals surface area contributed by atoms with E-state index in [2.05, 4.69) is 10.2 Å². The molecular formula is C14H20FN3O. The first-order valence-electron chi connectivity index (χ1n) is 6.64. The highest BCUT2D eigenvalue weighted by atomic mass is 19.1. The predicted molar refractivity (Wildman–Crippen MR) is 71.8 cm³/mol. The Balaban J connectivity index is 2.19. The highest BCUT2D eigenvalue weighted by Crippen LogP contribution is 2.17. The van der Waals surface area contributed by atoms with Crippen LogP contribution in [-0.2, 0) is 17.9 Å². The third-order valence-corrected chi connectivity index (χ3v) is 3.59. The van der Waals surface area contributed by atoms with Crippen molar-refractivity contribution in [3.63, 3.8) is 0 Å². The molecular weight excluding hydrogens is 245 g/mol. The van der Waals surface area contributed by atoms with E-state index < -0.39 is 0 Å². The van der Waals surface area contributed by atoms with Gasteiger partial charge in [0.1, 0.15) is 5.82 Å². The number of benzene rings is 1. The van der Waals surface area contributed by atoms with Gasteiger partial charge in [-0.15, -0.1) is 0 Å². The number of nitrogens with zero attached hydrogens (tertiary/aromatic N) is 1. The molecule has 0 aromatic heterocycles.